The molecule has 0 aromatic rings. The van der Waals surface area contributed by atoms with Gasteiger partial charge in [-0.2, -0.15) is 5.26 Å². The van der Waals surface area contributed by atoms with Gasteiger partial charge in [0, 0.05) is 6.04 Å². The highest BCUT2D eigenvalue weighted by molar-refractivity contribution is 7.89. The van der Waals surface area contributed by atoms with Crippen LogP contribution in [0.25, 0.3) is 0 Å². The predicted molar refractivity (Wildman–Crippen MR) is 51.5 cm³/mol. The highest BCUT2D eigenvalue weighted by Crippen LogP contribution is 2.00. The van der Waals surface area contributed by atoms with Crippen molar-refractivity contribution in [3.8, 4) is 6.07 Å². The van der Waals surface area contributed by atoms with Crippen molar-refractivity contribution in [3.63, 3.8) is 0 Å². The summed E-state index contributed by atoms with van der Waals surface area (Å²) in [6, 6.07) is 1.55. The average Bonchev–Trinajstić information content (AvgIpc) is 1.99. The van der Waals surface area contributed by atoms with E-state index in [2.05, 4.69) is 11.6 Å². The van der Waals surface area contributed by atoms with Crippen molar-refractivity contribution >= 4 is 10.0 Å². The standard InChI is InChI=1S/C8H16N2O2S/c1-3-4-5-8(2)10-13(11,12)7-6-9/h8,10H,3-5,7H2,1-2H3. The van der Waals surface area contributed by atoms with Crippen molar-refractivity contribution in [1.82, 2.24) is 4.72 Å². The third kappa shape index (κ3) is 6.55. The Morgan fingerprint density at radius 2 is 2.15 bits per heavy atom. The number of nitrogens with one attached hydrogen (secondary N) is 1. The number of hydrogen-bond acceptors (Lipinski definition) is 3. The first-order valence-electron chi connectivity index (χ1n) is 4.38. The van der Waals surface area contributed by atoms with Gasteiger partial charge in [-0.3, -0.25) is 0 Å². The summed E-state index contributed by atoms with van der Waals surface area (Å²) in [4.78, 5) is 0. The molecule has 0 fully saturated rings. The fraction of sp³-hybridized carbons (Fsp3) is 0.875. The number of sulfonamides is 1. The smallest absolute Gasteiger partial charge is 0.212 e. The molecule has 0 heterocycles. The summed E-state index contributed by atoms with van der Waals surface area (Å²) in [5, 5.41) is 8.22. The third-order valence-electron chi connectivity index (χ3n) is 1.63. The first-order chi connectivity index (χ1) is 6.02. The molecular weight excluding hydrogens is 188 g/mol. The van der Waals surface area contributed by atoms with Crippen LogP contribution in [0.3, 0.4) is 0 Å². The summed E-state index contributed by atoms with van der Waals surface area (Å²) in [6.07, 6.45) is 2.86. The summed E-state index contributed by atoms with van der Waals surface area (Å²) in [5.41, 5.74) is 0. The van der Waals surface area contributed by atoms with E-state index in [1.54, 1.807) is 6.07 Å². The van der Waals surface area contributed by atoms with E-state index in [9.17, 15) is 8.42 Å². The lowest BCUT2D eigenvalue weighted by Gasteiger charge is -2.11. The summed E-state index contributed by atoms with van der Waals surface area (Å²) in [5.74, 6) is -0.455. The monoisotopic (exact) mass is 204 g/mol. The van der Waals surface area contributed by atoms with Crippen LogP contribution in [0, 0.1) is 11.3 Å². The van der Waals surface area contributed by atoms with Gasteiger partial charge in [0.2, 0.25) is 10.0 Å². The van der Waals surface area contributed by atoms with Crippen LogP contribution in [0.15, 0.2) is 0 Å². The zero-order valence-corrected chi connectivity index (χ0v) is 8.89. The molecule has 1 atom stereocenters. The second-order valence-corrected chi connectivity index (χ2v) is 4.83. The molecule has 13 heavy (non-hydrogen) atoms. The van der Waals surface area contributed by atoms with E-state index in [-0.39, 0.29) is 6.04 Å². The highest BCUT2D eigenvalue weighted by atomic mass is 32.2. The number of nitriles is 1. The van der Waals surface area contributed by atoms with Gasteiger partial charge in [0.05, 0.1) is 6.07 Å². The van der Waals surface area contributed by atoms with E-state index < -0.39 is 15.8 Å². The van der Waals surface area contributed by atoms with Crippen molar-refractivity contribution < 1.29 is 8.42 Å². The molecule has 1 N–H and O–H groups in total. The Morgan fingerprint density at radius 3 is 2.62 bits per heavy atom. The van der Waals surface area contributed by atoms with Crippen LogP contribution in [-0.2, 0) is 10.0 Å². The minimum Gasteiger partial charge on any atom is -0.212 e. The van der Waals surface area contributed by atoms with Crippen LogP contribution in [0.1, 0.15) is 33.1 Å². The Kier molecular flexibility index (Phi) is 5.67. The molecule has 1 unspecified atom stereocenters. The molecule has 0 amide bonds. The Hall–Kier alpha value is -0.600. The second kappa shape index (κ2) is 5.95. The lowest BCUT2D eigenvalue weighted by Crippen LogP contribution is -2.33. The lowest BCUT2D eigenvalue weighted by atomic mass is 10.2. The van der Waals surface area contributed by atoms with Crippen LogP contribution in [-0.4, -0.2) is 20.2 Å². The second-order valence-electron chi connectivity index (χ2n) is 3.08. The number of nitrogens with zero attached hydrogens (tertiary/aromatic N) is 1. The van der Waals surface area contributed by atoms with Gasteiger partial charge in [-0.05, 0) is 13.3 Å². The van der Waals surface area contributed by atoms with Crippen LogP contribution in [0.4, 0.5) is 0 Å². The van der Waals surface area contributed by atoms with Crippen molar-refractivity contribution in [2.24, 2.45) is 0 Å². The van der Waals surface area contributed by atoms with Gasteiger partial charge in [-0.25, -0.2) is 13.1 Å². The quantitative estimate of drug-likeness (QED) is 0.702. The predicted octanol–water partition coefficient (Wildman–Crippen LogP) is 1.01. The average molecular weight is 204 g/mol. The van der Waals surface area contributed by atoms with E-state index in [0.717, 1.165) is 19.3 Å². The largest absolute Gasteiger partial charge is 0.225 e. The first-order valence-corrected chi connectivity index (χ1v) is 6.04. The fourth-order valence-corrected chi connectivity index (χ4v) is 1.99. The van der Waals surface area contributed by atoms with Crippen molar-refractivity contribution in [3.05, 3.63) is 0 Å². The van der Waals surface area contributed by atoms with E-state index in [1.165, 1.54) is 0 Å². The molecule has 0 aliphatic rings. The van der Waals surface area contributed by atoms with E-state index in [1.807, 2.05) is 6.92 Å². The molecule has 0 bridgehead atoms. The number of hydrogen-bond donors (Lipinski definition) is 1. The fourth-order valence-electron chi connectivity index (χ4n) is 1.00. The highest BCUT2D eigenvalue weighted by Gasteiger charge is 2.12. The summed E-state index contributed by atoms with van der Waals surface area (Å²) < 4.78 is 24.6. The summed E-state index contributed by atoms with van der Waals surface area (Å²) in [7, 11) is -3.37. The lowest BCUT2D eigenvalue weighted by molar-refractivity contribution is 0.536. The number of rotatable bonds is 6. The van der Waals surface area contributed by atoms with Gasteiger partial charge in [-0.15, -0.1) is 0 Å². The Labute approximate surface area is 80.0 Å². The molecule has 0 aliphatic carbocycles. The molecule has 0 spiro atoms. The molecule has 0 aromatic carbocycles. The molecule has 76 valence electrons. The van der Waals surface area contributed by atoms with Crippen LogP contribution >= 0.6 is 0 Å². The SMILES string of the molecule is CCCCC(C)NS(=O)(=O)CC#N. The zero-order valence-electron chi connectivity index (χ0n) is 8.08. The topological polar surface area (TPSA) is 70.0 Å². The normalized spacial score (nSPS) is 13.6. The van der Waals surface area contributed by atoms with Crippen LogP contribution in [0.5, 0.6) is 0 Å². The van der Waals surface area contributed by atoms with Crippen LogP contribution < -0.4 is 4.72 Å². The minimum atomic E-state index is -3.37. The van der Waals surface area contributed by atoms with Gasteiger partial charge >= 0.3 is 0 Å². The van der Waals surface area contributed by atoms with Gasteiger partial charge < -0.3 is 0 Å². The van der Waals surface area contributed by atoms with E-state index in [0.29, 0.717) is 0 Å². The Balaban J connectivity index is 3.91. The third-order valence-corrected chi connectivity index (χ3v) is 2.90. The maximum absolute atomic E-state index is 11.1. The molecule has 5 heteroatoms. The van der Waals surface area contributed by atoms with Crippen molar-refractivity contribution in [2.75, 3.05) is 5.75 Å². The Morgan fingerprint density at radius 1 is 1.54 bits per heavy atom. The van der Waals surface area contributed by atoms with Gasteiger partial charge in [0.1, 0.15) is 0 Å². The van der Waals surface area contributed by atoms with Gasteiger partial charge in [0.25, 0.3) is 0 Å². The molecule has 0 aromatic heterocycles. The molecule has 0 aliphatic heterocycles. The summed E-state index contributed by atoms with van der Waals surface area (Å²) in [6.45, 7) is 3.86. The van der Waals surface area contributed by atoms with E-state index in [4.69, 9.17) is 5.26 Å². The van der Waals surface area contributed by atoms with Gasteiger partial charge in [0.15, 0.2) is 5.75 Å². The first kappa shape index (κ1) is 12.4. The molecule has 0 rings (SSSR count). The molecule has 4 nitrogen and oxygen atoms in total. The maximum Gasteiger partial charge on any atom is 0.225 e. The molecule has 0 saturated heterocycles. The minimum absolute atomic E-state index is 0.0710. The molecular formula is C8H16N2O2S. The molecule has 0 saturated carbocycles. The zero-order chi connectivity index (χ0) is 10.3. The maximum atomic E-state index is 11.1. The van der Waals surface area contributed by atoms with Crippen LogP contribution in [0.2, 0.25) is 0 Å². The Bertz CT molecular complexity index is 266. The van der Waals surface area contributed by atoms with Crippen molar-refractivity contribution in [2.45, 2.75) is 39.2 Å². The van der Waals surface area contributed by atoms with Crippen molar-refractivity contribution in [1.29, 1.82) is 5.26 Å². The summed E-state index contributed by atoms with van der Waals surface area (Å²) >= 11 is 0. The van der Waals surface area contributed by atoms with Gasteiger partial charge in [-0.1, -0.05) is 19.8 Å². The molecule has 0 radical (unpaired) electrons. The number of unbranched alkanes of at least 4 members (excludes halogenated alkanes) is 1. The van der Waals surface area contributed by atoms with E-state index >= 15 is 0 Å².